The molecule has 1 heterocycles. The molecular formula is C21H24ClN3O2S. The van der Waals surface area contributed by atoms with E-state index in [0.29, 0.717) is 29.1 Å². The highest BCUT2D eigenvalue weighted by Gasteiger charge is 2.29. The van der Waals surface area contributed by atoms with Crippen LogP contribution in [0.15, 0.2) is 40.8 Å². The van der Waals surface area contributed by atoms with E-state index in [2.05, 4.69) is 10.4 Å². The molecule has 5 nitrogen and oxygen atoms in total. The van der Waals surface area contributed by atoms with Gasteiger partial charge >= 0.3 is 0 Å². The Morgan fingerprint density at radius 2 is 2.07 bits per heavy atom. The molecule has 0 unspecified atom stereocenters. The van der Waals surface area contributed by atoms with Crippen molar-refractivity contribution in [1.82, 2.24) is 4.90 Å². The fourth-order valence-corrected chi connectivity index (χ4v) is 4.60. The van der Waals surface area contributed by atoms with E-state index in [0.717, 1.165) is 16.8 Å². The molecule has 0 saturated heterocycles. The Balaban J connectivity index is 1.89. The van der Waals surface area contributed by atoms with Crippen LogP contribution in [0.3, 0.4) is 0 Å². The second-order valence-corrected chi connectivity index (χ2v) is 10.6. The van der Waals surface area contributed by atoms with Crippen molar-refractivity contribution in [3.05, 3.63) is 63.7 Å². The molecule has 0 fully saturated rings. The van der Waals surface area contributed by atoms with E-state index in [4.69, 9.17) is 11.6 Å². The lowest BCUT2D eigenvalue weighted by Crippen LogP contribution is -2.39. The first-order valence-corrected chi connectivity index (χ1v) is 12.1. The zero-order valence-electron chi connectivity index (χ0n) is 16.2. The summed E-state index contributed by atoms with van der Waals surface area (Å²) < 4.78 is 14.7. The van der Waals surface area contributed by atoms with Crippen molar-refractivity contribution in [2.75, 3.05) is 19.1 Å². The van der Waals surface area contributed by atoms with Gasteiger partial charge in [0, 0.05) is 11.6 Å². The molecule has 148 valence electrons. The molecule has 1 atom stereocenters. The second-order valence-electron chi connectivity index (χ2n) is 7.35. The third-order valence-electron chi connectivity index (χ3n) is 4.95. The lowest BCUT2D eigenvalue weighted by atomic mass is 9.91. The van der Waals surface area contributed by atoms with Crippen LogP contribution in [0, 0.1) is 11.3 Å². The van der Waals surface area contributed by atoms with Crippen LogP contribution in [0.4, 0.5) is 5.69 Å². The van der Waals surface area contributed by atoms with Gasteiger partial charge in [-0.3, -0.25) is 4.79 Å². The van der Waals surface area contributed by atoms with E-state index in [1.165, 1.54) is 0 Å². The molecule has 0 aliphatic carbocycles. The molecule has 0 saturated carbocycles. The molecule has 1 amide bonds. The first-order valence-electron chi connectivity index (χ1n) is 9.10. The maximum Gasteiger partial charge on any atom is 0.227 e. The fraction of sp³-hybridized carbons (Fsp3) is 0.333. The van der Waals surface area contributed by atoms with Crippen LogP contribution < -0.4 is 0 Å². The molecular weight excluding hydrogens is 394 g/mol. The third kappa shape index (κ3) is 4.27. The monoisotopic (exact) mass is 417 g/mol. The maximum atomic E-state index is 13.0. The van der Waals surface area contributed by atoms with Gasteiger partial charge in [0.25, 0.3) is 0 Å². The van der Waals surface area contributed by atoms with Crippen LogP contribution in [0.1, 0.15) is 35.2 Å². The van der Waals surface area contributed by atoms with Gasteiger partial charge in [-0.15, -0.1) is 10.1 Å². The molecule has 2 aromatic carbocycles. The van der Waals surface area contributed by atoms with Crippen molar-refractivity contribution in [2.24, 2.45) is 4.36 Å². The average Bonchev–Trinajstić information content (AvgIpc) is 2.63. The van der Waals surface area contributed by atoms with E-state index in [1.807, 2.05) is 30.0 Å². The van der Waals surface area contributed by atoms with E-state index >= 15 is 0 Å². The van der Waals surface area contributed by atoms with Crippen LogP contribution in [0.25, 0.3) is 0 Å². The van der Waals surface area contributed by atoms with Gasteiger partial charge in [0.05, 0.1) is 29.8 Å². The van der Waals surface area contributed by atoms with Gasteiger partial charge in [0.15, 0.2) is 0 Å². The average molecular weight is 418 g/mol. The van der Waals surface area contributed by atoms with Crippen molar-refractivity contribution in [3.63, 3.8) is 0 Å². The largest absolute Gasteiger partial charge is 0.345 e. The molecule has 1 aliphatic rings. The molecule has 7 heteroatoms. The second kappa shape index (κ2) is 8.04. The Morgan fingerprint density at radius 1 is 1.36 bits per heavy atom. The summed E-state index contributed by atoms with van der Waals surface area (Å²) in [6, 6.07) is 12.9. The standard InChI is InChI=1S/C21H24ClN3O2S/c1-14-16-7-5-9-20(24-28(2,3)27)17(16)10-11-25(14)21(26)12-18-15(13-23)6-4-8-19(18)22/h4-9,14,28H,10-12H2,1-3H3,(H,24,27)/t14-/m0/s1. The summed E-state index contributed by atoms with van der Waals surface area (Å²) >= 11 is 6.24. The molecule has 1 N–H and O–H groups in total. The SMILES string of the molecule is C[C@H]1c2cccc(N=[SH](C)(C)O)c2CCN1C(=O)Cc1c(Cl)cccc1C#N. The summed E-state index contributed by atoms with van der Waals surface area (Å²) in [4.78, 5) is 14.9. The van der Waals surface area contributed by atoms with Gasteiger partial charge in [-0.05, 0) is 60.7 Å². The molecule has 28 heavy (non-hydrogen) atoms. The van der Waals surface area contributed by atoms with Crippen LogP contribution in [0.5, 0.6) is 0 Å². The van der Waals surface area contributed by atoms with Gasteiger partial charge in [-0.2, -0.15) is 5.26 Å². The summed E-state index contributed by atoms with van der Waals surface area (Å²) in [5, 5.41) is 9.75. The minimum atomic E-state index is -2.30. The highest BCUT2D eigenvalue weighted by molar-refractivity contribution is 7.98. The molecule has 2 aromatic rings. The Bertz CT molecular complexity index is 1010. The van der Waals surface area contributed by atoms with Crippen molar-refractivity contribution >= 4 is 33.3 Å². The number of nitrogens with zero attached hydrogens (tertiary/aromatic N) is 3. The van der Waals surface area contributed by atoms with Crippen LogP contribution >= 0.6 is 11.6 Å². The number of thiol groups is 1. The van der Waals surface area contributed by atoms with E-state index in [9.17, 15) is 14.6 Å². The Labute approximate surface area is 171 Å². The number of halogens is 1. The van der Waals surface area contributed by atoms with Crippen LogP contribution in [0.2, 0.25) is 5.02 Å². The number of nitriles is 1. The van der Waals surface area contributed by atoms with Crippen molar-refractivity contribution in [1.29, 1.82) is 5.26 Å². The molecule has 3 rings (SSSR count). The van der Waals surface area contributed by atoms with E-state index in [1.54, 1.807) is 30.7 Å². The van der Waals surface area contributed by atoms with E-state index < -0.39 is 10.1 Å². The molecule has 0 spiro atoms. The van der Waals surface area contributed by atoms with Gasteiger partial charge < -0.3 is 9.45 Å². The number of amides is 1. The summed E-state index contributed by atoms with van der Waals surface area (Å²) in [5.74, 6) is -0.0555. The normalized spacial score (nSPS) is 16.9. The lowest BCUT2D eigenvalue weighted by molar-refractivity contribution is -0.133. The predicted molar refractivity (Wildman–Crippen MR) is 115 cm³/mol. The quantitative estimate of drug-likeness (QED) is 0.729. The molecule has 0 radical (unpaired) electrons. The molecule has 0 bridgehead atoms. The summed E-state index contributed by atoms with van der Waals surface area (Å²) in [7, 11) is -2.30. The van der Waals surface area contributed by atoms with Gasteiger partial charge in [-0.25, -0.2) is 4.36 Å². The summed E-state index contributed by atoms with van der Waals surface area (Å²) in [6.45, 7) is 2.56. The minimum absolute atomic E-state index is 0.0555. The Morgan fingerprint density at radius 3 is 2.75 bits per heavy atom. The van der Waals surface area contributed by atoms with Gasteiger partial charge in [0.1, 0.15) is 0 Å². The zero-order chi connectivity index (χ0) is 20.5. The van der Waals surface area contributed by atoms with Crippen molar-refractivity contribution in [3.8, 4) is 6.07 Å². The van der Waals surface area contributed by atoms with Crippen LogP contribution in [-0.2, 0) is 27.7 Å². The Kier molecular flexibility index (Phi) is 5.90. The van der Waals surface area contributed by atoms with Crippen molar-refractivity contribution in [2.45, 2.75) is 25.8 Å². The number of fused-ring (bicyclic) bond motifs is 1. The lowest BCUT2D eigenvalue weighted by Gasteiger charge is -2.36. The van der Waals surface area contributed by atoms with Crippen molar-refractivity contribution < 1.29 is 9.35 Å². The highest BCUT2D eigenvalue weighted by atomic mass is 35.5. The highest BCUT2D eigenvalue weighted by Crippen LogP contribution is 2.36. The first-order chi connectivity index (χ1) is 13.2. The number of rotatable bonds is 3. The number of hydrogen-bond acceptors (Lipinski definition) is 3. The number of benzene rings is 2. The van der Waals surface area contributed by atoms with E-state index in [-0.39, 0.29) is 18.4 Å². The fourth-order valence-electron chi connectivity index (χ4n) is 3.64. The number of carbonyl (C=O) groups is 1. The topological polar surface area (TPSA) is 76.7 Å². The minimum Gasteiger partial charge on any atom is -0.345 e. The van der Waals surface area contributed by atoms with Crippen LogP contribution in [-0.4, -0.2) is 34.4 Å². The number of hydrogen-bond donors (Lipinski definition) is 2. The van der Waals surface area contributed by atoms with Gasteiger partial charge in [-0.1, -0.05) is 29.8 Å². The number of carbonyl (C=O) groups excluding carboxylic acids is 1. The predicted octanol–water partition coefficient (Wildman–Crippen LogP) is 4.33. The summed E-state index contributed by atoms with van der Waals surface area (Å²) in [6.07, 6.45) is 4.29. The van der Waals surface area contributed by atoms with Gasteiger partial charge in [0.2, 0.25) is 5.91 Å². The maximum absolute atomic E-state index is 13.0. The first kappa shape index (κ1) is 20.5. The molecule has 0 aromatic heterocycles. The smallest absolute Gasteiger partial charge is 0.227 e. The third-order valence-corrected chi connectivity index (χ3v) is 6.01. The zero-order valence-corrected chi connectivity index (χ0v) is 17.8. The Hall–Kier alpha value is -2.20. The summed E-state index contributed by atoms with van der Waals surface area (Å²) in [5.41, 5.74) is 3.96. The molecule has 1 aliphatic heterocycles.